The first-order valence-electron chi connectivity index (χ1n) is 12.4. The molecule has 2 heterocycles. The topological polar surface area (TPSA) is 113 Å². The molecule has 9 heteroatoms. The molecule has 2 atom stereocenters. The van der Waals surface area contributed by atoms with Gasteiger partial charge in [0.05, 0.1) is 30.4 Å². The number of hydrogen-bond donors (Lipinski definition) is 1. The monoisotopic (exact) mass is 498 g/mol. The summed E-state index contributed by atoms with van der Waals surface area (Å²) in [6.45, 7) is 4.51. The Kier molecular flexibility index (Phi) is 8.05. The second-order valence-corrected chi connectivity index (χ2v) is 9.26. The van der Waals surface area contributed by atoms with Gasteiger partial charge in [0, 0.05) is 43.1 Å². The quantitative estimate of drug-likeness (QED) is 0.355. The van der Waals surface area contributed by atoms with Gasteiger partial charge >= 0.3 is 5.91 Å². The van der Waals surface area contributed by atoms with Gasteiger partial charge in [0.2, 0.25) is 5.91 Å². The Morgan fingerprint density at radius 1 is 1.24 bits per heavy atom. The van der Waals surface area contributed by atoms with Crippen LogP contribution in [0.4, 0.5) is 5.82 Å². The summed E-state index contributed by atoms with van der Waals surface area (Å²) in [6, 6.07) is 9.33. The van der Waals surface area contributed by atoms with Crippen molar-refractivity contribution in [2.24, 2.45) is 16.9 Å². The van der Waals surface area contributed by atoms with E-state index in [1.54, 1.807) is 29.1 Å². The number of amides is 2. The number of aromatic nitrogens is 2. The van der Waals surface area contributed by atoms with Crippen molar-refractivity contribution < 1.29 is 14.3 Å². The average Bonchev–Trinajstić information content (AvgIpc) is 3.34. The summed E-state index contributed by atoms with van der Waals surface area (Å²) in [5, 5.41) is 22.0. The van der Waals surface area contributed by atoms with E-state index in [1.807, 2.05) is 32.0 Å². The molecule has 0 saturated heterocycles. The Morgan fingerprint density at radius 2 is 2.03 bits per heavy atom. The van der Waals surface area contributed by atoms with Crippen molar-refractivity contribution in [3.05, 3.63) is 53.7 Å². The van der Waals surface area contributed by atoms with Crippen LogP contribution in [-0.4, -0.2) is 45.5 Å². The van der Waals surface area contributed by atoms with Gasteiger partial charge in [-0.3, -0.25) is 19.6 Å². The molecular formula is C28H30N6O3. The fourth-order valence-electron chi connectivity index (χ4n) is 4.55. The number of anilines is 1. The maximum absolute atomic E-state index is 13.0. The summed E-state index contributed by atoms with van der Waals surface area (Å²) in [5.74, 6) is 5.89. The summed E-state index contributed by atoms with van der Waals surface area (Å²) in [4.78, 5) is 25.5. The molecule has 1 aromatic heterocycles. The predicted octanol–water partition coefficient (Wildman–Crippen LogP) is 3.72. The van der Waals surface area contributed by atoms with E-state index in [0.717, 1.165) is 17.7 Å². The lowest BCUT2D eigenvalue weighted by Crippen LogP contribution is -2.47. The number of unbranched alkanes of at least 4 members (excludes halogenated alkanes) is 1. The number of carbonyl (C=O) groups is 2. The highest BCUT2D eigenvalue weighted by Crippen LogP contribution is 2.36. The first kappa shape index (κ1) is 25.7. The Hall–Kier alpha value is -4.37. The molecule has 4 rings (SSSR count). The van der Waals surface area contributed by atoms with Crippen LogP contribution < -0.4 is 10.1 Å². The van der Waals surface area contributed by atoms with E-state index in [2.05, 4.69) is 40.5 Å². The van der Waals surface area contributed by atoms with Crippen LogP contribution in [-0.2, 0) is 16.1 Å². The SMILES string of the molecule is COc1ccc(C2=NN(C(C)C)C(=O)[C@@H]3CC=CC[C@H]23)cc1C#CC(=O)Nc1ccn(CCCC#N)n1. The van der Waals surface area contributed by atoms with Crippen LogP contribution >= 0.6 is 0 Å². The highest BCUT2D eigenvalue weighted by molar-refractivity contribution is 6.07. The van der Waals surface area contributed by atoms with Crippen molar-refractivity contribution in [2.75, 3.05) is 12.4 Å². The number of carbonyl (C=O) groups excluding carboxylic acids is 2. The van der Waals surface area contributed by atoms with Crippen molar-refractivity contribution in [3.8, 4) is 23.7 Å². The number of nitrogens with zero attached hydrogens (tertiary/aromatic N) is 5. The zero-order valence-corrected chi connectivity index (χ0v) is 21.3. The zero-order valence-electron chi connectivity index (χ0n) is 21.3. The van der Waals surface area contributed by atoms with Gasteiger partial charge in [0.15, 0.2) is 5.82 Å². The van der Waals surface area contributed by atoms with Crippen molar-refractivity contribution in [3.63, 3.8) is 0 Å². The Morgan fingerprint density at radius 3 is 2.76 bits per heavy atom. The molecule has 0 saturated carbocycles. The van der Waals surface area contributed by atoms with Crippen LogP contribution in [0.15, 0.2) is 47.7 Å². The van der Waals surface area contributed by atoms with Crippen molar-refractivity contribution >= 4 is 23.3 Å². The van der Waals surface area contributed by atoms with Gasteiger partial charge < -0.3 is 4.74 Å². The number of hydrazone groups is 1. The third kappa shape index (κ3) is 5.90. The second-order valence-electron chi connectivity index (χ2n) is 9.26. The molecule has 1 aromatic carbocycles. The van der Waals surface area contributed by atoms with E-state index in [9.17, 15) is 9.59 Å². The molecule has 0 spiro atoms. The molecule has 2 aliphatic rings. The largest absolute Gasteiger partial charge is 0.495 e. The minimum absolute atomic E-state index is 0.00623. The first-order valence-corrected chi connectivity index (χ1v) is 12.4. The maximum Gasteiger partial charge on any atom is 0.301 e. The first-order chi connectivity index (χ1) is 17.9. The number of hydrogen-bond acceptors (Lipinski definition) is 6. The molecule has 0 radical (unpaired) electrons. The second kappa shape index (κ2) is 11.6. The van der Waals surface area contributed by atoms with Gasteiger partial charge in [0.1, 0.15) is 5.75 Å². The number of nitriles is 1. The van der Waals surface area contributed by atoms with Gasteiger partial charge in [-0.1, -0.05) is 18.1 Å². The van der Waals surface area contributed by atoms with Crippen LogP contribution in [0.2, 0.25) is 0 Å². The lowest BCUT2D eigenvalue weighted by atomic mass is 9.76. The normalized spacial score (nSPS) is 18.4. The molecule has 1 aliphatic carbocycles. The van der Waals surface area contributed by atoms with Crippen LogP contribution in [0.1, 0.15) is 50.7 Å². The minimum Gasteiger partial charge on any atom is -0.495 e. The van der Waals surface area contributed by atoms with Gasteiger partial charge in [-0.05, 0) is 56.9 Å². The van der Waals surface area contributed by atoms with E-state index in [-0.39, 0.29) is 23.8 Å². The number of benzene rings is 1. The van der Waals surface area contributed by atoms with Gasteiger partial charge in [-0.15, -0.1) is 0 Å². The van der Waals surface area contributed by atoms with Crippen LogP contribution in [0.25, 0.3) is 0 Å². The van der Waals surface area contributed by atoms with Gasteiger partial charge in [-0.25, -0.2) is 5.01 Å². The molecule has 37 heavy (non-hydrogen) atoms. The summed E-state index contributed by atoms with van der Waals surface area (Å²) in [7, 11) is 1.55. The number of fused-ring (bicyclic) bond motifs is 1. The van der Waals surface area contributed by atoms with Crippen molar-refractivity contribution in [2.45, 2.75) is 52.1 Å². The fourth-order valence-corrected chi connectivity index (χ4v) is 4.55. The van der Waals surface area contributed by atoms with E-state index >= 15 is 0 Å². The number of rotatable bonds is 7. The highest BCUT2D eigenvalue weighted by atomic mass is 16.5. The average molecular weight is 499 g/mol. The van der Waals surface area contributed by atoms with E-state index in [4.69, 9.17) is 15.1 Å². The molecule has 0 unspecified atom stereocenters. The summed E-state index contributed by atoms with van der Waals surface area (Å²) in [5.41, 5.74) is 2.25. The summed E-state index contributed by atoms with van der Waals surface area (Å²) < 4.78 is 7.16. The van der Waals surface area contributed by atoms with Crippen molar-refractivity contribution in [1.29, 1.82) is 5.26 Å². The maximum atomic E-state index is 13.0. The summed E-state index contributed by atoms with van der Waals surface area (Å²) in [6.07, 6.45) is 8.51. The fraction of sp³-hybridized carbons (Fsp3) is 0.393. The third-order valence-electron chi connectivity index (χ3n) is 6.40. The molecule has 190 valence electrons. The smallest absolute Gasteiger partial charge is 0.301 e. The number of aryl methyl sites for hydroxylation is 1. The standard InChI is InChI=1S/C28H30N6O3/c1-19(2)34-28(36)23-9-5-4-8-22(23)27(32-34)21-10-12-24(37-3)20(18-21)11-13-26(35)30-25-14-17-33(31-25)16-7-6-15-29/h4-5,10,12,14,17-19,22-23H,6-9,16H2,1-3H3,(H,30,31,35)/t22-,23+/m0/s1. The third-order valence-corrected chi connectivity index (χ3v) is 6.40. The molecule has 0 bridgehead atoms. The Bertz CT molecular complexity index is 1340. The molecule has 2 aromatic rings. The molecule has 0 fully saturated rings. The highest BCUT2D eigenvalue weighted by Gasteiger charge is 2.40. The van der Waals surface area contributed by atoms with E-state index in [1.165, 1.54) is 0 Å². The number of allylic oxidation sites excluding steroid dienone is 2. The summed E-state index contributed by atoms with van der Waals surface area (Å²) >= 11 is 0. The zero-order chi connectivity index (χ0) is 26.4. The minimum atomic E-state index is -0.501. The molecular weight excluding hydrogens is 468 g/mol. The number of nitrogens with one attached hydrogen (secondary N) is 1. The number of methoxy groups -OCH3 is 1. The number of ether oxygens (including phenoxy) is 1. The Labute approximate surface area is 216 Å². The van der Waals surface area contributed by atoms with E-state index < -0.39 is 5.91 Å². The Balaban J connectivity index is 1.57. The van der Waals surface area contributed by atoms with E-state index in [0.29, 0.717) is 42.9 Å². The molecule has 1 aliphatic heterocycles. The predicted molar refractivity (Wildman–Crippen MR) is 139 cm³/mol. The van der Waals surface area contributed by atoms with Crippen molar-refractivity contribution in [1.82, 2.24) is 14.8 Å². The van der Waals surface area contributed by atoms with Gasteiger partial charge in [-0.2, -0.15) is 15.5 Å². The lowest BCUT2D eigenvalue weighted by Gasteiger charge is -2.38. The molecule has 2 amide bonds. The van der Waals surface area contributed by atoms with Crippen LogP contribution in [0.3, 0.4) is 0 Å². The van der Waals surface area contributed by atoms with Crippen LogP contribution in [0, 0.1) is 35.0 Å². The van der Waals surface area contributed by atoms with Crippen LogP contribution in [0.5, 0.6) is 5.75 Å². The molecule has 1 N–H and O–H groups in total. The molecule has 9 nitrogen and oxygen atoms in total. The van der Waals surface area contributed by atoms with Gasteiger partial charge in [0.25, 0.3) is 0 Å². The lowest BCUT2D eigenvalue weighted by molar-refractivity contribution is -0.139.